The lowest BCUT2D eigenvalue weighted by molar-refractivity contribution is -0.121. The summed E-state index contributed by atoms with van der Waals surface area (Å²) in [5.41, 5.74) is 0.212. The summed E-state index contributed by atoms with van der Waals surface area (Å²) in [5, 5.41) is 7.42. The van der Waals surface area contributed by atoms with Crippen molar-refractivity contribution in [2.24, 2.45) is 10.9 Å². The van der Waals surface area contributed by atoms with Crippen molar-refractivity contribution in [1.82, 2.24) is 10.6 Å². The minimum atomic E-state index is 0.0956. The molecule has 1 aliphatic heterocycles. The van der Waals surface area contributed by atoms with E-state index < -0.39 is 0 Å². The van der Waals surface area contributed by atoms with Crippen LogP contribution in [-0.4, -0.2) is 35.5 Å². The Labute approximate surface area is 121 Å². The van der Waals surface area contributed by atoms with Gasteiger partial charge >= 0.3 is 0 Å². The van der Waals surface area contributed by atoms with E-state index in [4.69, 9.17) is 0 Å². The van der Waals surface area contributed by atoms with Gasteiger partial charge in [0.1, 0.15) is 0 Å². The zero-order chi connectivity index (χ0) is 14.3. The summed E-state index contributed by atoms with van der Waals surface area (Å²) in [4.78, 5) is 16.0. The van der Waals surface area contributed by atoms with Crippen LogP contribution >= 0.6 is 11.8 Å². The van der Waals surface area contributed by atoms with Crippen LogP contribution in [0.5, 0.6) is 0 Å². The molecule has 1 fully saturated rings. The lowest BCUT2D eigenvalue weighted by atomic mass is 9.96. The van der Waals surface area contributed by atoms with Crippen LogP contribution in [0.15, 0.2) is 4.99 Å². The van der Waals surface area contributed by atoms with Crippen molar-refractivity contribution in [2.75, 3.05) is 18.8 Å². The van der Waals surface area contributed by atoms with Crippen molar-refractivity contribution >= 4 is 22.8 Å². The number of rotatable bonds is 7. The first-order valence-electron chi connectivity index (χ1n) is 7.23. The van der Waals surface area contributed by atoms with E-state index in [0.29, 0.717) is 18.9 Å². The second-order valence-electron chi connectivity index (χ2n) is 5.54. The van der Waals surface area contributed by atoms with E-state index >= 15 is 0 Å². The largest absolute Gasteiger partial charge is 0.359 e. The quantitative estimate of drug-likeness (QED) is 0.755. The van der Waals surface area contributed by atoms with Gasteiger partial charge in [0.25, 0.3) is 0 Å². The molecule has 0 radical (unpaired) electrons. The highest BCUT2D eigenvalue weighted by atomic mass is 32.2. The third-order valence-corrected chi connectivity index (χ3v) is 4.71. The van der Waals surface area contributed by atoms with Gasteiger partial charge in [0.15, 0.2) is 5.17 Å². The number of carbonyl (C=O) groups is 1. The normalized spacial score (nSPS) is 19.7. The maximum atomic E-state index is 11.6. The first kappa shape index (κ1) is 16.3. The van der Waals surface area contributed by atoms with Gasteiger partial charge in [-0.2, -0.15) is 0 Å². The summed E-state index contributed by atoms with van der Waals surface area (Å²) >= 11 is 1.78. The monoisotopic (exact) mass is 285 g/mol. The molecular weight excluding hydrogens is 258 g/mol. The van der Waals surface area contributed by atoms with E-state index in [0.717, 1.165) is 30.3 Å². The molecule has 0 aromatic carbocycles. The Morgan fingerprint density at radius 3 is 2.68 bits per heavy atom. The Bertz CT molecular complexity index is 325. The van der Waals surface area contributed by atoms with Gasteiger partial charge in [-0.1, -0.05) is 39.5 Å². The number of carbonyl (C=O) groups excluding carboxylic acids is 1. The Morgan fingerprint density at radius 2 is 2.16 bits per heavy atom. The fourth-order valence-corrected chi connectivity index (χ4v) is 3.25. The smallest absolute Gasteiger partial charge is 0.221 e. The first-order chi connectivity index (χ1) is 9.01. The predicted molar refractivity (Wildman–Crippen MR) is 83.7 cm³/mol. The minimum Gasteiger partial charge on any atom is -0.359 e. The van der Waals surface area contributed by atoms with Gasteiger partial charge in [0.2, 0.25) is 5.91 Å². The van der Waals surface area contributed by atoms with Gasteiger partial charge in [0.05, 0.1) is 6.54 Å². The molecule has 110 valence electrons. The molecule has 0 atom stereocenters. The maximum Gasteiger partial charge on any atom is 0.221 e. The van der Waals surface area contributed by atoms with Gasteiger partial charge in [-0.15, -0.1) is 0 Å². The highest BCUT2D eigenvalue weighted by Gasteiger charge is 2.33. The third kappa shape index (κ3) is 5.43. The predicted octanol–water partition coefficient (Wildman–Crippen LogP) is 2.40. The molecule has 1 aliphatic rings. The van der Waals surface area contributed by atoms with Crippen molar-refractivity contribution in [1.29, 1.82) is 0 Å². The molecule has 0 unspecified atom stereocenters. The molecule has 0 aliphatic carbocycles. The van der Waals surface area contributed by atoms with Gasteiger partial charge in [-0.3, -0.25) is 9.79 Å². The zero-order valence-electron chi connectivity index (χ0n) is 12.6. The van der Waals surface area contributed by atoms with Crippen LogP contribution in [0.3, 0.4) is 0 Å². The summed E-state index contributed by atoms with van der Waals surface area (Å²) in [6.45, 7) is 9.92. The highest BCUT2D eigenvalue weighted by Crippen LogP contribution is 2.28. The number of hydrogen-bond acceptors (Lipinski definition) is 3. The number of hydrogen-bond donors (Lipinski definition) is 2. The molecule has 4 nitrogen and oxygen atoms in total. The van der Waals surface area contributed by atoms with Gasteiger partial charge < -0.3 is 10.6 Å². The number of nitrogens with zero attached hydrogens (tertiary/aromatic N) is 1. The van der Waals surface area contributed by atoms with Crippen LogP contribution in [0.2, 0.25) is 0 Å². The standard InChI is InChI=1S/C14H27N3OS/c1-5-14(6-2)10-19-13(17-14)15-8-7-12(18)16-9-11(3)4/h11H,5-10H2,1-4H3,(H,15,17)(H,16,18). The number of amides is 1. The lowest BCUT2D eigenvalue weighted by Gasteiger charge is -2.25. The van der Waals surface area contributed by atoms with Crippen molar-refractivity contribution < 1.29 is 4.79 Å². The molecule has 0 aromatic rings. The third-order valence-electron chi connectivity index (χ3n) is 3.51. The average molecular weight is 285 g/mol. The Balaban J connectivity index is 2.29. The van der Waals surface area contributed by atoms with E-state index in [1.807, 2.05) is 0 Å². The van der Waals surface area contributed by atoms with Gasteiger partial charge in [-0.05, 0) is 18.8 Å². The van der Waals surface area contributed by atoms with Crippen LogP contribution in [0.25, 0.3) is 0 Å². The highest BCUT2D eigenvalue weighted by molar-refractivity contribution is 8.14. The molecule has 1 rings (SSSR count). The molecule has 0 aromatic heterocycles. The SMILES string of the molecule is CCC1(CC)CSC(=NCCC(=O)NCC(C)C)N1. The van der Waals surface area contributed by atoms with E-state index in [2.05, 4.69) is 43.3 Å². The zero-order valence-corrected chi connectivity index (χ0v) is 13.4. The van der Waals surface area contributed by atoms with Gasteiger partial charge in [-0.25, -0.2) is 0 Å². The Kier molecular flexibility index (Phi) is 6.69. The lowest BCUT2D eigenvalue weighted by Crippen LogP contribution is -2.42. The first-order valence-corrected chi connectivity index (χ1v) is 8.22. The van der Waals surface area contributed by atoms with E-state index in [9.17, 15) is 4.79 Å². The van der Waals surface area contributed by atoms with Crippen molar-refractivity contribution in [3.8, 4) is 0 Å². The second-order valence-corrected chi connectivity index (χ2v) is 6.50. The molecule has 2 N–H and O–H groups in total. The molecule has 0 saturated carbocycles. The second kappa shape index (κ2) is 7.78. The number of aliphatic imine (C=N–C) groups is 1. The summed E-state index contributed by atoms with van der Waals surface area (Å²) in [6, 6.07) is 0. The van der Waals surface area contributed by atoms with E-state index in [1.165, 1.54) is 0 Å². The molecule has 0 spiro atoms. The number of thioether (sulfide) groups is 1. The van der Waals surface area contributed by atoms with Crippen LogP contribution in [0.1, 0.15) is 47.0 Å². The minimum absolute atomic E-state index is 0.0956. The fourth-order valence-electron chi connectivity index (χ4n) is 1.89. The number of nitrogens with one attached hydrogen (secondary N) is 2. The summed E-state index contributed by atoms with van der Waals surface area (Å²) in [5.74, 6) is 1.67. The molecular formula is C14H27N3OS. The summed E-state index contributed by atoms with van der Waals surface area (Å²) < 4.78 is 0. The molecule has 5 heteroatoms. The Morgan fingerprint density at radius 1 is 1.47 bits per heavy atom. The van der Waals surface area contributed by atoms with Crippen molar-refractivity contribution in [3.05, 3.63) is 0 Å². The molecule has 1 heterocycles. The molecule has 19 heavy (non-hydrogen) atoms. The van der Waals surface area contributed by atoms with Crippen LogP contribution in [-0.2, 0) is 4.79 Å². The van der Waals surface area contributed by atoms with Crippen LogP contribution < -0.4 is 10.6 Å². The number of amidine groups is 1. The van der Waals surface area contributed by atoms with Gasteiger partial charge in [0, 0.05) is 24.3 Å². The average Bonchev–Trinajstić information content (AvgIpc) is 2.81. The van der Waals surface area contributed by atoms with E-state index in [-0.39, 0.29) is 11.4 Å². The summed E-state index contributed by atoms with van der Waals surface area (Å²) in [6.07, 6.45) is 2.71. The van der Waals surface area contributed by atoms with Crippen molar-refractivity contribution in [2.45, 2.75) is 52.5 Å². The van der Waals surface area contributed by atoms with E-state index in [1.54, 1.807) is 11.8 Å². The topological polar surface area (TPSA) is 53.5 Å². The molecule has 1 amide bonds. The summed E-state index contributed by atoms with van der Waals surface area (Å²) in [7, 11) is 0. The molecule has 1 saturated heterocycles. The van der Waals surface area contributed by atoms with Crippen LogP contribution in [0.4, 0.5) is 0 Å². The Hall–Kier alpha value is -0.710. The fraction of sp³-hybridized carbons (Fsp3) is 0.857. The molecule has 0 bridgehead atoms. The van der Waals surface area contributed by atoms with Crippen molar-refractivity contribution in [3.63, 3.8) is 0 Å². The van der Waals surface area contributed by atoms with Crippen LogP contribution in [0, 0.1) is 5.92 Å². The maximum absolute atomic E-state index is 11.6.